The van der Waals surface area contributed by atoms with Crippen LogP contribution in [0.4, 0.5) is 4.79 Å². The van der Waals surface area contributed by atoms with Crippen LogP contribution in [0.1, 0.15) is 44.0 Å². The van der Waals surface area contributed by atoms with E-state index < -0.39 is 5.60 Å². The van der Waals surface area contributed by atoms with Gasteiger partial charge in [0.2, 0.25) is 11.8 Å². The number of pyridine rings is 1. The molecule has 0 radical (unpaired) electrons. The summed E-state index contributed by atoms with van der Waals surface area (Å²) in [4.78, 5) is 16.4. The zero-order valence-corrected chi connectivity index (χ0v) is 19.4. The normalized spacial score (nSPS) is 20.2. The summed E-state index contributed by atoms with van der Waals surface area (Å²) in [5.74, 6) is 1.47. The van der Waals surface area contributed by atoms with Crippen molar-refractivity contribution in [1.29, 1.82) is 0 Å². The molecule has 1 N–H and O–H groups in total. The van der Waals surface area contributed by atoms with Crippen molar-refractivity contribution in [3.05, 3.63) is 29.1 Å². The number of ether oxygens (including phenoxy) is 4. The topological polar surface area (TPSA) is 96.7 Å². The highest BCUT2D eigenvalue weighted by Gasteiger charge is 2.40. The van der Waals surface area contributed by atoms with Crippen LogP contribution in [0.2, 0.25) is 0 Å². The smallest absolute Gasteiger partial charge is 0.407 e. The Labute approximate surface area is 188 Å². The van der Waals surface area contributed by atoms with Crippen molar-refractivity contribution in [3.8, 4) is 17.4 Å². The molecule has 0 aromatic carbocycles. The number of carbonyl (C=O) groups is 1. The van der Waals surface area contributed by atoms with Gasteiger partial charge in [0.1, 0.15) is 5.60 Å². The molecule has 2 aromatic rings. The number of hydrogen-bond donors (Lipinski definition) is 1. The molecule has 0 spiro atoms. The fourth-order valence-corrected chi connectivity index (χ4v) is 3.88. The lowest BCUT2D eigenvalue weighted by Gasteiger charge is -2.19. The number of amides is 1. The molecule has 174 valence electrons. The molecule has 2 atom stereocenters. The summed E-state index contributed by atoms with van der Waals surface area (Å²) in [6, 6.07) is 2.08. The van der Waals surface area contributed by atoms with Crippen LogP contribution >= 0.6 is 0 Å². The van der Waals surface area contributed by atoms with Gasteiger partial charge in [-0.2, -0.15) is 0 Å². The maximum absolute atomic E-state index is 12.0. The van der Waals surface area contributed by atoms with Crippen molar-refractivity contribution >= 4 is 6.09 Å². The number of aryl methyl sites for hydroxylation is 1. The number of nitrogens with one attached hydrogen (secondary N) is 1. The second-order valence-corrected chi connectivity index (χ2v) is 9.33. The SMILES string of the molecule is COc1ncc(-n2nc(OC[C@H]3C[C@H]3NC(=O)OC(C)(C)C)c3c2CCOCC3)cc1C. The summed E-state index contributed by atoms with van der Waals surface area (Å²) in [7, 11) is 1.61. The monoisotopic (exact) mass is 444 g/mol. The van der Waals surface area contributed by atoms with Crippen LogP contribution in [0.15, 0.2) is 12.3 Å². The van der Waals surface area contributed by atoms with Crippen LogP contribution in [0.25, 0.3) is 5.69 Å². The van der Waals surface area contributed by atoms with Gasteiger partial charge >= 0.3 is 6.09 Å². The predicted molar refractivity (Wildman–Crippen MR) is 118 cm³/mol. The lowest BCUT2D eigenvalue weighted by molar-refractivity contribution is 0.0519. The van der Waals surface area contributed by atoms with Crippen LogP contribution in [0.5, 0.6) is 11.8 Å². The molecule has 3 heterocycles. The van der Waals surface area contributed by atoms with E-state index in [1.54, 1.807) is 13.3 Å². The lowest BCUT2D eigenvalue weighted by atomic mass is 10.1. The molecule has 9 nitrogen and oxygen atoms in total. The first-order chi connectivity index (χ1) is 15.2. The third kappa shape index (κ3) is 5.15. The molecule has 0 bridgehead atoms. The highest BCUT2D eigenvalue weighted by Crippen LogP contribution is 2.34. The molecule has 0 saturated heterocycles. The first-order valence-electron chi connectivity index (χ1n) is 11.1. The van der Waals surface area contributed by atoms with Gasteiger partial charge in [-0.25, -0.2) is 14.5 Å². The molecule has 0 unspecified atom stereocenters. The van der Waals surface area contributed by atoms with Crippen LogP contribution in [-0.4, -0.2) is 59.4 Å². The number of methoxy groups -OCH3 is 1. The standard InChI is InChI=1S/C23H32N4O5/c1-14-10-16(12-24-20(14)29-5)27-19-7-9-30-8-6-17(19)21(26-27)31-13-15-11-18(15)25-22(28)32-23(2,3)4/h10,12,15,18H,6-9,11,13H2,1-5H3,(H,25,28)/t15-,18-/m1/s1. The number of fused-ring (bicyclic) bond motifs is 1. The summed E-state index contributed by atoms with van der Waals surface area (Å²) >= 11 is 0. The number of nitrogens with zero attached hydrogens (tertiary/aromatic N) is 3. The van der Waals surface area contributed by atoms with E-state index >= 15 is 0 Å². The average Bonchev–Trinajstić information content (AvgIpc) is 3.42. The van der Waals surface area contributed by atoms with E-state index in [-0.39, 0.29) is 18.1 Å². The Kier molecular flexibility index (Phi) is 6.28. The molecule has 2 aliphatic rings. The van der Waals surface area contributed by atoms with Crippen molar-refractivity contribution < 1.29 is 23.7 Å². The molecule has 32 heavy (non-hydrogen) atoms. The summed E-state index contributed by atoms with van der Waals surface area (Å²) in [6.07, 6.45) is 3.74. The number of alkyl carbamates (subject to hydrolysis) is 1. The van der Waals surface area contributed by atoms with Gasteiger partial charge in [0.05, 0.1) is 44.5 Å². The lowest BCUT2D eigenvalue weighted by Crippen LogP contribution is -2.34. The number of aromatic nitrogens is 3. The Morgan fingerprint density at radius 2 is 2.06 bits per heavy atom. The summed E-state index contributed by atoms with van der Waals surface area (Å²) < 4.78 is 24.4. The predicted octanol–water partition coefficient (Wildman–Crippen LogP) is 2.99. The minimum absolute atomic E-state index is 0.0716. The summed E-state index contributed by atoms with van der Waals surface area (Å²) in [5, 5.41) is 7.69. The molecule has 4 rings (SSSR count). The van der Waals surface area contributed by atoms with E-state index in [0.717, 1.165) is 41.8 Å². The van der Waals surface area contributed by atoms with Gasteiger partial charge in [-0.1, -0.05) is 0 Å². The van der Waals surface area contributed by atoms with E-state index in [9.17, 15) is 4.79 Å². The first kappa shape index (κ1) is 22.4. The molecule has 1 fully saturated rings. The van der Waals surface area contributed by atoms with E-state index in [0.29, 0.717) is 31.6 Å². The van der Waals surface area contributed by atoms with Crippen LogP contribution in [0, 0.1) is 12.8 Å². The minimum atomic E-state index is -0.508. The Bertz CT molecular complexity index is 981. The Morgan fingerprint density at radius 3 is 2.78 bits per heavy atom. The maximum atomic E-state index is 12.0. The molecule has 2 aromatic heterocycles. The van der Waals surface area contributed by atoms with Gasteiger partial charge in [0.25, 0.3) is 0 Å². The fraction of sp³-hybridized carbons (Fsp3) is 0.609. The van der Waals surface area contributed by atoms with Gasteiger partial charge in [0.15, 0.2) is 0 Å². The van der Waals surface area contributed by atoms with Crippen molar-refractivity contribution in [1.82, 2.24) is 20.1 Å². The van der Waals surface area contributed by atoms with Crippen LogP contribution in [-0.2, 0) is 22.3 Å². The summed E-state index contributed by atoms with van der Waals surface area (Å²) in [5.41, 5.74) is 3.46. The number of carbonyl (C=O) groups excluding carboxylic acids is 1. The van der Waals surface area contributed by atoms with Gasteiger partial charge in [-0.15, -0.1) is 5.10 Å². The third-order valence-corrected chi connectivity index (χ3v) is 5.55. The van der Waals surface area contributed by atoms with Crippen LogP contribution < -0.4 is 14.8 Å². The zero-order valence-electron chi connectivity index (χ0n) is 19.4. The number of rotatable bonds is 6. The van der Waals surface area contributed by atoms with Crippen molar-refractivity contribution in [2.75, 3.05) is 26.9 Å². The Balaban J connectivity index is 1.46. The first-order valence-corrected chi connectivity index (χ1v) is 11.1. The molecular formula is C23H32N4O5. The summed E-state index contributed by atoms with van der Waals surface area (Å²) in [6.45, 7) is 9.29. The number of hydrogen-bond acceptors (Lipinski definition) is 7. The molecule has 9 heteroatoms. The molecular weight excluding hydrogens is 412 g/mol. The Hall–Kier alpha value is -2.81. The quantitative estimate of drug-likeness (QED) is 0.732. The van der Waals surface area contributed by atoms with E-state index in [1.165, 1.54) is 0 Å². The third-order valence-electron chi connectivity index (χ3n) is 5.55. The minimum Gasteiger partial charge on any atom is -0.481 e. The van der Waals surface area contributed by atoms with Crippen molar-refractivity contribution in [2.45, 2.75) is 58.6 Å². The fourth-order valence-electron chi connectivity index (χ4n) is 3.88. The highest BCUT2D eigenvalue weighted by molar-refractivity contribution is 5.68. The van der Waals surface area contributed by atoms with Gasteiger partial charge < -0.3 is 24.3 Å². The van der Waals surface area contributed by atoms with Crippen molar-refractivity contribution in [3.63, 3.8) is 0 Å². The Morgan fingerprint density at radius 1 is 1.28 bits per heavy atom. The van der Waals surface area contributed by atoms with Gasteiger partial charge in [0, 0.05) is 35.9 Å². The second-order valence-electron chi connectivity index (χ2n) is 9.33. The largest absolute Gasteiger partial charge is 0.481 e. The molecule has 1 aliphatic heterocycles. The van der Waals surface area contributed by atoms with E-state index in [4.69, 9.17) is 24.0 Å². The van der Waals surface area contributed by atoms with Gasteiger partial charge in [-0.3, -0.25) is 0 Å². The maximum Gasteiger partial charge on any atom is 0.407 e. The van der Waals surface area contributed by atoms with E-state index in [1.807, 2.05) is 38.4 Å². The zero-order chi connectivity index (χ0) is 22.9. The molecule has 1 amide bonds. The molecule has 1 saturated carbocycles. The van der Waals surface area contributed by atoms with E-state index in [2.05, 4.69) is 10.3 Å². The average molecular weight is 445 g/mol. The van der Waals surface area contributed by atoms with Crippen LogP contribution in [0.3, 0.4) is 0 Å². The molecule has 1 aliphatic carbocycles. The van der Waals surface area contributed by atoms with Crippen molar-refractivity contribution in [2.24, 2.45) is 5.92 Å². The van der Waals surface area contributed by atoms with Gasteiger partial charge in [-0.05, 0) is 40.2 Å². The second kappa shape index (κ2) is 8.97. The highest BCUT2D eigenvalue weighted by atomic mass is 16.6.